The van der Waals surface area contributed by atoms with E-state index in [9.17, 15) is 0 Å². The maximum atomic E-state index is 4.08. The highest BCUT2D eigenvalue weighted by molar-refractivity contribution is 14.1. The van der Waals surface area contributed by atoms with E-state index in [0.29, 0.717) is 6.04 Å². The van der Waals surface area contributed by atoms with Gasteiger partial charge in [-0.1, -0.05) is 6.58 Å². The fourth-order valence-electron chi connectivity index (χ4n) is 1.31. The van der Waals surface area contributed by atoms with E-state index in [4.69, 9.17) is 0 Å². The second kappa shape index (κ2) is 5.30. The monoisotopic (exact) mass is 380 g/mol. The van der Waals surface area contributed by atoms with Gasteiger partial charge in [-0.25, -0.2) is 0 Å². The van der Waals surface area contributed by atoms with Crippen molar-refractivity contribution in [1.82, 2.24) is 4.57 Å². The molecule has 0 fully saturated rings. The number of aromatic nitrogens is 1. The molecule has 1 rings (SSSR count). The molecule has 0 bridgehead atoms. The summed E-state index contributed by atoms with van der Waals surface area (Å²) in [5.41, 5.74) is 0. The summed E-state index contributed by atoms with van der Waals surface area (Å²) in [5.74, 6) is 0. The van der Waals surface area contributed by atoms with Crippen LogP contribution in [0.15, 0.2) is 11.2 Å². The lowest BCUT2D eigenvalue weighted by Crippen LogP contribution is -2.30. The Morgan fingerprint density at radius 2 is 2.27 bits per heavy atom. The minimum absolute atomic E-state index is 0.428. The zero-order valence-corrected chi connectivity index (χ0v) is 12.8. The highest BCUT2D eigenvalue weighted by atomic mass is 127. The molecule has 4 heteroatoms. The van der Waals surface area contributed by atoms with E-state index < -0.39 is 0 Å². The van der Waals surface area contributed by atoms with Gasteiger partial charge in [0, 0.05) is 28.1 Å². The molecule has 1 aromatic heterocycles. The summed E-state index contributed by atoms with van der Waals surface area (Å²) in [7, 11) is 1.76. The van der Waals surface area contributed by atoms with Crippen molar-refractivity contribution in [3.63, 3.8) is 0 Å². The van der Waals surface area contributed by atoms with Crippen LogP contribution in [0.3, 0.4) is 0 Å². The molecule has 15 heavy (non-hydrogen) atoms. The van der Waals surface area contributed by atoms with Crippen LogP contribution in [0, 0.1) is 3.57 Å². The Balaban J connectivity index is 3.52. The maximum absolute atomic E-state index is 4.08. The number of nitrogens with zero attached hydrogens (tertiary/aromatic N) is 2. The van der Waals surface area contributed by atoms with Crippen molar-refractivity contribution < 1.29 is 0 Å². The first-order valence-electron chi connectivity index (χ1n) is 4.66. The molecule has 0 N–H and O–H groups in total. The molecular formula is C11H14BrIN2. The van der Waals surface area contributed by atoms with Gasteiger partial charge in [-0.3, -0.25) is 4.99 Å². The molecule has 0 spiro atoms. The molecule has 0 aromatic carbocycles. The Morgan fingerprint density at radius 1 is 1.67 bits per heavy atom. The smallest absolute Gasteiger partial charge is 0.102 e. The van der Waals surface area contributed by atoms with Crippen molar-refractivity contribution in [1.29, 1.82) is 0 Å². The molecule has 0 radical (unpaired) electrons. The van der Waals surface area contributed by atoms with Gasteiger partial charge in [0.25, 0.3) is 0 Å². The Bertz CT molecular complexity index is 485. The van der Waals surface area contributed by atoms with Crippen molar-refractivity contribution in [2.45, 2.75) is 19.9 Å². The molecule has 0 unspecified atom stereocenters. The number of hydrogen-bond acceptors (Lipinski definition) is 1. The van der Waals surface area contributed by atoms with E-state index in [-0.39, 0.29) is 0 Å². The summed E-state index contributed by atoms with van der Waals surface area (Å²) in [4.78, 5) is 4.07. The van der Waals surface area contributed by atoms with Crippen LogP contribution in [-0.4, -0.2) is 16.2 Å². The molecule has 2 nitrogen and oxygen atoms in total. The van der Waals surface area contributed by atoms with Gasteiger partial charge in [0.1, 0.15) is 4.62 Å². The Hall–Kier alpha value is -0.100. The Kier molecular flexibility index (Phi) is 4.58. The predicted octanol–water partition coefficient (Wildman–Crippen LogP) is 2.29. The minimum atomic E-state index is 0.428. The fraction of sp³-hybridized carbons (Fsp3) is 0.364. The quantitative estimate of drug-likeness (QED) is 0.553. The number of hydrogen-bond donors (Lipinski definition) is 0. The molecule has 82 valence electrons. The fourth-order valence-corrected chi connectivity index (χ4v) is 2.11. The molecule has 0 atom stereocenters. The van der Waals surface area contributed by atoms with E-state index in [1.807, 2.05) is 6.08 Å². The van der Waals surface area contributed by atoms with E-state index in [0.717, 1.165) is 15.2 Å². The summed E-state index contributed by atoms with van der Waals surface area (Å²) < 4.78 is 4.23. The molecule has 0 aliphatic carbocycles. The van der Waals surface area contributed by atoms with Gasteiger partial charge in [-0.05, 0) is 58.4 Å². The standard InChI is InChI=1S/C11H14BrIN2/c1-7(2)15-6-9(13)8(3)10(15)5-11(12)14-4/h5-7H,3H2,1-2,4H3/b10-5+,14-11+. The second-order valence-corrected chi connectivity index (χ2v) is 5.51. The van der Waals surface area contributed by atoms with Crippen LogP contribution in [-0.2, 0) is 0 Å². The van der Waals surface area contributed by atoms with Crippen LogP contribution in [0.2, 0.25) is 0 Å². The third kappa shape index (κ3) is 2.93. The zero-order chi connectivity index (χ0) is 11.6. The summed E-state index contributed by atoms with van der Waals surface area (Å²) in [6.07, 6.45) is 4.12. The molecular weight excluding hydrogens is 367 g/mol. The largest absolute Gasteiger partial charge is 0.344 e. The predicted molar refractivity (Wildman–Crippen MR) is 79.1 cm³/mol. The van der Waals surface area contributed by atoms with Crippen LogP contribution in [0.25, 0.3) is 12.7 Å². The normalized spacial score (nSPS) is 14.0. The van der Waals surface area contributed by atoms with E-state index in [1.54, 1.807) is 7.05 Å². The van der Waals surface area contributed by atoms with Crippen LogP contribution >= 0.6 is 38.5 Å². The third-order valence-electron chi connectivity index (χ3n) is 2.15. The van der Waals surface area contributed by atoms with Gasteiger partial charge >= 0.3 is 0 Å². The molecule has 0 saturated carbocycles. The van der Waals surface area contributed by atoms with Gasteiger partial charge in [-0.2, -0.15) is 0 Å². The van der Waals surface area contributed by atoms with Crippen molar-refractivity contribution >= 4 is 55.8 Å². The van der Waals surface area contributed by atoms with Crippen LogP contribution in [0.4, 0.5) is 0 Å². The minimum Gasteiger partial charge on any atom is -0.344 e. The van der Waals surface area contributed by atoms with E-state index in [1.165, 1.54) is 3.57 Å². The zero-order valence-electron chi connectivity index (χ0n) is 9.09. The van der Waals surface area contributed by atoms with Crippen molar-refractivity contribution in [3.05, 3.63) is 20.3 Å². The van der Waals surface area contributed by atoms with Crippen molar-refractivity contribution in [2.24, 2.45) is 4.99 Å². The topological polar surface area (TPSA) is 17.3 Å². The van der Waals surface area contributed by atoms with Crippen molar-refractivity contribution in [2.75, 3.05) is 7.05 Å². The third-order valence-corrected chi connectivity index (χ3v) is 3.67. The van der Waals surface area contributed by atoms with Gasteiger partial charge in [-0.15, -0.1) is 0 Å². The summed E-state index contributed by atoms with van der Waals surface area (Å²) >= 11 is 5.70. The number of aliphatic imine (C=N–C) groups is 1. The Morgan fingerprint density at radius 3 is 2.73 bits per heavy atom. The summed E-state index contributed by atoms with van der Waals surface area (Å²) in [6, 6.07) is 0.428. The molecule has 1 aromatic rings. The second-order valence-electron chi connectivity index (χ2n) is 3.53. The van der Waals surface area contributed by atoms with Gasteiger partial charge in [0.05, 0.1) is 5.35 Å². The number of rotatable bonds is 2. The van der Waals surface area contributed by atoms with E-state index >= 15 is 0 Å². The first-order valence-corrected chi connectivity index (χ1v) is 6.53. The maximum Gasteiger partial charge on any atom is 0.102 e. The van der Waals surface area contributed by atoms with Gasteiger partial charge in [0.15, 0.2) is 0 Å². The average molecular weight is 381 g/mol. The average Bonchev–Trinajstić information content (AvgIpc) is 2.46. The number of halogens is 2. The highest BCUT2D eigenvalue weighted by Gasteiger charge is 2.04. The molecule has 0 aliphatic heterocycles. The van der Waals surface area contributed by atoms with Crippen LogP contribution in [0.1, 0.15) is 19.9 Å². The molecule has 0 saturated heterocycles. The molecule has 1 heterocycles. The van der Waals surface area contributed by atoms with Crippen molar-refractivity contribution in [3.8, 4) is 0 Å². The first-order chi connectivity index (χ1) is 6.97. The SMILES string of the molecule is C=c1c(I)cn(C(C)C)/c1=C/C(Br)=N\C. The highest BCUT2D eigenvalue weighted by Crippen LogP contribution is 2.03. The van der Waals surface area contributed by atoms with Gasteiger partial charge < -0.3 is 4.57 Å². The molecule has 0 aliphatic rings. The van der Waals surface area contributed by atoms with E-state index in [2.05, 4.69) is 74.7 Å². The summed E-state index contributed by atoms with van der Waals surface area (Å²) in [5, 5.41) is 2.18. The lowest BCUT2D eigenvalue weighted by Gasteiger charge is -2.07. The lowest BCUT2D eigenvalue weighted by atomic mass is 10.3. The lowest BCUT2D eigenvalue weighted by molar-refractivity contribution is 0.588. The van der Waals surface area contributed by atoms with Crippen LogP contribution < -0.4 is 10.6 Å². The van der Waals surface area contributed by atoms with Gasteiger partial charge in [0.2, 0.25) is 0 Å². The summed E-state index contributed by atoms with van der Waals surface area (Å²) in [6.45, 7) is 8.39. The molecule has 0 amide bonds. The van der Waals surface area contributed by atoms with Crippen LogP contribution in [0.5, 0.6) is 0 Å². The Labute approximate surface area is 112 Å². The first kappa shape index (κ1) is 13.0.